The van der Waals surface area contributed by atoms with Crippen LogP contribution in [-0.2, 0) is 26.5 Å². The Labute approximate surface area is 179 Å². The SMILES string of the molecule is O=S(=O)(Nc1ccc2c(c1)N(S(=O)(=O)c1ccccc1)CCC2)c1ccc(F)c(F)c1. The molecule has 0 bridgehead atoms. The van der Waals surface area contributed by atoms with Gasteiger partial charge in [-0.3, -0.25) is 9.03 Å². The van der Waals surface area contributed by atoms with Gasteiger partial charge in [0.25, 0.3) is 20.0 Å². The summed E-state index contributed by atoms with van der Waals surface area (Å²) in [7, 11) is -8.04. The number of sulfonamides is 2. The van der Waals surface area contributed by atoms with E-state index in [4.69, 9.17) is 0 Å². The molecule has 6 nitrogen and oxygen atoms in total. The van der Waals surface area contributed by atoms with Gasteiger partial charge in [-0.2, -0.15) is 0 Å². The van der Waals surface area contributed by atoms with E-state index in [1.165, 1.54) is 28.6 Å². The molecule has 0 fully saturated rings. The highest BCUT2D eigenvalue weighted by Crippen LogP contribution is 2.34. The normalized spacial score (nSPS) is 14.2. The van der Waals surface area contributed by atoms with Crippen LogP contribution in [0.3, 0.4) is 0 Å². The van der Waals surface area contributed by atoms with Crippen LogP contribution < -0.4 is 9.03 Å². The molecule has 10 heteroatoms. The van der Waals surface area contributed by atoms with Crippen LogP contribution in [0.15, 0.2) is 76.5 Å². The van der Waals surface area contributed by atoms with Crippen LogP contribution >= 0.6 is 0 Å². The third-order valence-electron chi connectivity index (χ3n) is 4.95. The van der Waals surface area contributed by atoms with Gasteiger partial charge in [0.05, 0.1) is 21.2 Å². The Morgan fingerprint density at radius 2 is 1.55 bits per heavy atom. The van der Waals surface area contributed by atoms with E-state index >= 15 is 0 Å². The molecule has 0 saturated heterocycles. The number of hydrogen-bond donors (Lipinski definition) is 1. The summed E-state index contributed by atoms with van der Waals surface area (Å²) >= 11 is 0. The first-order valence-corrected chi connectivity index (χ1v) is 12.3. The van der Waals surface area contributed by atoms with Crippen molar-refractivity contribution in [2.24, 2.45) is 0 Å². The number of fused-ring (bicyclic) bond motifs is 1. The molecule has 3 aromatic rings. The molecular formula is C21H18F2N2O4S2. The Bertz CT molecular complexity index is 1350. The Kier molecular flexibility index (Phi) is 5.44. The molecular weight excluding hydrogens is 446 g/mol. The average molecular weight is 465 g/mol. The van der Waals surface area contributed by atoms with Crippen LogP contribution in [0.2, 0.25) is 0 Å². The third-order valence-corrected chi connectivity index (χ3v) is 8.15. The van der Waals surface area contributed by atoms with Crippen LogP contribution in [0.5, 0.6) is 0 Å². The summed E-state index contributed by atoms with van der Waals surface area (Å²) in [4.78, 5) is -0.312. The number of halogens is 2. The van der Waals surface area contributed by atoms with Crippen LogP contribution in [0.4, 0.5) is 20.2 Å². The lowest BCUT2D eigenvalue weighted by Gasteiger charge is -2.31. The molecule has 4 rings (SSSR count). The number of benzene rings is 3. The molecule has 1 heterocycles. The maximum atomic E-state index is 13.5. The summed E-state index contributed by atoms with van der Waals surface area (Å²) in [6, 6.07) is 14.8. The molecule has 162 valence electrons. The lowest BCUT2D eigenvalue weighted by atomic mass is 10.0. The predicted octanol–water partition coefficient (Wildman–Crippen LogP) is 3.91. The van der Waals surface area contributed by atoms with Crippen LogP contribution in [-0.4, -0.2) is 23.4 Å². The molecule has 0 aromatic heterocycles. The zero-order chi connectivity index (χ0) is 22.2. The molecule has 1 aliphatic heterocycles. The zero-order valence-electron chi connectivity index (χ0n) is 16.1. The van der Waals surface area contributed by atoms with Gasteiger partial charge < -0.3 is 0 Å². The van der Waals surface area contributed by atoms with Gasteiger partial charge in [0.15, 0.2) is 11.6 Å². The van der Waals surface area contributed by atoms with Crippen molar-refractivity contribution >= 4 is 31.4 Å². The van der Waals surface area contributed by atoms with Crippen molar-refractivity contribution in [3.05, 3.63) is 83.9 Å². The first-order chi connectivity index (χ1) is 14.7. The maximum Gasteiger partial charge on any atom is 0.264 e. The second-order valence-electron chi connectivity index (χ2n) is 7.02. The smallest absolute Gasteiger partial charge is 0.264 e. The second kappa shape index (κ2) is 7.93. The molecule has 0 unspecified atom stereocenters. The molecule has 0 atom stereocenters. The molecule has 0 saturated carbocycles. The molecule has 3 aromatic carbocycles. The topological polar surface area (TPSA) is 83.6 Å². The van der Waals surface area contributed by atoms with E-state index in [0.29, 0.717) is 24.6 Å². The van der Waals surface area contributed by atoms with Crippen LogP contribution in [0, 0.1) is 11.6 Å². The molecule has 0 radical (unpaired) electrons. The van der Waals surface area contributed by atoms with Gasteiger partial charge in [-0.05, 0) is 60.9 Å². The fourth-order valence-electron chi connectivity index (χ4n) is 3.43. The Balaban J connectivity index is 1.70. The highest BCUT2D eigenvalue weighted by molar-refractivity contribution is 7.93. The van der Waals surface area contributed by atoms with E-state index in [2.05, 4.69) is 4.72 Å². The molecule has 0 amide bonds. The summed E-state index contributed by atoms with van der Waals surface area (Å²) in [5, 5.41) is 0. The van der Waals surface area contributed by atoms with Crippen molar-refractivity contribution in [1.29, 1.82) is 0 Å². The number of nitrogens with zero attached hydrogens (tertiary/aromatic N) is 1. The van der Waals surface area contributed by atoms with Gasteiger partial charge in [0.2, 0.25) is 0 Å². The maximum absolute atomic E-state index is 13.5. The first-order valence-electron chi connectivity index (χ1n) is 9.37. The standard InChI is InChI=1S/C21H18F2N2O4S2/c22-19-11-10-18(14-20(19)23)30(26,27)24-16-9-8-15-5-4-12-25(21(15)13-16)31(28,29)17-6-2-1-3-7-17/h1-3,6-11,13-14,24H,4-5,12H2. The average Bonchev–Trinajstić information content (AvgIpc) is 2.75. The lowest BCUT2D eigenvalue weighted by Crippen LogP contribution is -2.35. The summed E-state index contributed by atoms with van der Waals surface area (Å²) in [5.74, 6) is -2.44. The number of aryl methyl sites for hydroxylation is 1. The van der Waals surface area contributed by atoms with Gasteiger partial charge in [0.1, 0.15) is 0 Å². The van der Waals surface area contributed by atoms with E-state index in [0.717, 1.165) is 17.7 Å². The highest BCUT2D eigenvalue weighted by atomic mass is 32.2. The van der Waals surface area contributed by atoms with Gasteiger partial charge in [-0.1, -0.05) is 24.3 Å². The first kappa shape index (κ1) is 21.3. The summed E-state index contributed by atoms with van der Waals surface area (Å²) in [5.41, 5.74) is 1.25. The highest BCUT2D eigenvalue weighted by Gasteiger charge is 2.29. The Morgan fingerprint density at radius 1 is 0.806 bits per heavy atom. The Hall–Kier alpha value is -2.98. The molecule has 0 aliphatic carbocycles. The molecule has 0 spiro atoms. The molecule has 1 N–H and O–H groups in total. The van der Waals surface area contributed by atoms with Gasteiger partial charge in [-0.25, -0.2) is 25.6 Å². The van der Waals surface area contributed by atoms with E-state index in [1.807, 2.05) is 0 Å². The van der Waals surface area contributed by atoms with Gasteiger partial charge in [-0.15, -0.1) is 0 Å². The monoisotopic (exact) mass is 464 g/mol. The van der Waals surface area contributed by atoms with E-state index < -0.39 is 36.6 Å². The largest absolute Gasteiger partial charge is 0.280 e. The minimum Gasteiger partial charge on any atom is -0.280 e. The van der Waals surface area contributed by atoms with Crippen molar-refractivity contribution < 1.29 is 25.6 Å². The lowest BCUT2D eigenvalue weighted by molar-refractivity contribution is 0.504. The van der Waals surface area contributed by atoms with Crippen molar-refractivity contribution in [2.75, 3.05) is 15.6 Å². The van der Waals surface area contributed by atoms with Crippen LogP contribution in [0.25, 0.3) is 0 Å². The van der Waals surface area contributed by atoms with Crippen molar-refractivity contribution in [1.82, 2.24) is 0 Å². The van der Waals surface area contributed by atoms with E-state index in [1.54, 1.807) is 24.3 Å². The Morgan fingerprint density at radius 3 is 2.26 bits per heavy atom. The number of rotatable bonds is 5. The van der Waals surface area contributed by atoms with Gasteiger partial charge in [0, 0.05) is 6.54 Å². The summed E-state index contributed by atoms with van der Waals surface area (Å²) in [6.07, 6.45) is 1.27. The number of anilines is 2. The van der Waals surface area contributed by atoms with Crippen molar-refractivity contribution in [3.8, 4) is 0 Å². The number of hydrogen-bond acceptors (Lipinski definition) is 4. The third kappa shape index (κ3) is 4.13. The summed E-state index contributed by atoms with van der Waals surface area (Å²) in [6.45, 7) is 0.254. The number of nitrogens with one attached hydrogen (secondary N) is 1. The van der Waals surface area contributed by atoms with Crippen molar-refractivity contribution in [2.45, 2.75) is 22.6 Å². The molecule has 31 heavy (non-hydrogen) atoms. The summed E-state index contributed by atoms with van der Waals surface area (Å²) < 4.78 is 81.7. The fraction of sp³-hybridized carbons (Fsp3) is 0.143. The van der Waals surface area contributed by atoms with Crippen LogP contribution in [0.1, 0.15) is 12.0 Å². The minimum absolute atomic E-state index is 0.110. The minimum atomic E-state index is -4.21. The fourth-order valence-corrected chi connectivity index (χ4v) is 6.05. The molecule has 1 aliphatic rings. The van der Waals surface area contributed by atoms with Gasteiger partial charge >= 0.3 is 0 Å². The van der Waals surface area contributed by atoms with E-state index in [-0.39, 0.29) is 17.1 Å². The zero-order valence-corrected chi connectivity index (χ0v) is 17.8. The quantitative estimate of drug-likeness (QED) is 0.621. The van der Waals surface area contributed by atoms with E-state index in [9.17, 15) is 25.6 Å². The second-order valence-corrected chi connectivity index (χ2v) is 10.6. The predicted molar refractivity (Wildman–Crippen MR) is 113 cm³/mol. The van der Waals surface area contributed by atoms with Crippen molar-refractivity contribution in [3.63, 3.8) is 0 Å².